The van der Waals surface area contributed by atoms with Crippen LogP contribution >= 0.6 is 0 Å². The molecule has 1 aliphatic carbocycles. The van der Waals surface area contributed by atoms with E-state index in [-0.39, 0.29) is 23.3 Å². The Morgan fingerprint density at radius 2 is 1.89 bits per heavy atom. The van der Waals surface area contributed by atoms with Crippen LogP contribution in [-0.2, 0) is 9.59 Å². The van der Waals surface area contributed by atoms with Gasteiger partial charge in [-0.25, -0.2) is 0 Å². The van der Waals surface area contributed by atoms with Gasteiger partial charge in [-0.05, 0) is 31.1 Å². The number of rotatable bonds is 3. The Kier molecular flexibility index (Phi) is 3.85. The highest BCUT2D eigenvalue weighted by atomic mass is 16.2. The minimum atomic E-state index is -0.554. The number of nitrogens with two attached hydrogens (primary N) is 1. The van der Waals surface area contributed by atoms with E-state index in [4.69, 9.17) is 5.73 Å². The maximum Gasteiger partial charge on any atom is 0.243 e. The van der Waals surface area contributed by atoms with Crippen LogP contribution in [0.1, 0.15) is 46.5 Å². The first-order valence-corrected chi connectivity index (χ1v) is 7.17. The van der Waals surface area contributed by atoms with E-state index >= 15 is 0 Å². The average Bonchev–Trinajstić information content (AvgIpc) is 2.99. The summed E-state index contributed by atoms with van der Waals surface area (Å²) in [4.78, 5) is 26.2. The Morgan fingerprint density at radius 3 is 2.42 bits per heavy atom. The molecule has 3 N–H and O–H groups in total. The number of carbonyl (C=O) groups excluding carboxylic acids is 2. The number of likely N-dealkylation sites (tertiary alicyclic amines) is 1. The third-order valence-corrected chi connectivity index (χ3v) is 3.96. The Morgan fingerprint density at radius 1 is 1.26 bits per heavy atom. The van der Waals surface area contributed by atoms with Crippen LogP contribution in [0.25, 0.3) is 0 Å². The van der Waals surface area contributed by atoms with E-state index in [2.05, 4.69) is 5.32 Å². The van der Waals surface area contributed by atoms with Crippen molar-refractivity contribution in [3.63, 3.8) is 0 Å². The molecule has 1 aliphatic heterocycles. The van der Waals surface area contributed by atoms with Crippen molar-refractivity contribution in [3.05, 3.63) is 0 Å². The molecule has 0 radical (unpaired) electrons. The van der Waals surface area contributed by atoms with Gasteiger partial charge in [0.15, 0.2) is 0 Å². The fraction of sp³-hybridized carbons (Fsp3) is 0.857. The lowest BCUT2D eigenvalue weighted by molar-refractivity contribution is -0.141. The van der Waals surface area contributed by atoms with Crippen LogP contribution in [0, 0.1) is 5.41 Å². The Bertz CT molecular complexity index is 371. The molecule has 19 heavy (non-hydrogen) atoms. The zero-order valence-corrected chi connectivity index (χ0v) is 12.1. The van der Waals surface area contributed by atoms with Gasteiger partial charge >= 0.3 is 0 Å². The van der Waals surface area contributed by atoms with E-state index in [1.807, 2.05) is 20.8 Å². The van der Waals surface area contributed by atoms with E-state index in [1.54, 1.807) is 4.90 Å². The van der Waals surface area contributed by atoms with Gasteiger partial charge in [-0.1, -0.05) is 20.8 Å². The molecular weight excluding hydrogens is 242 g/mol. The third-order valence-electron chi connectivity index (χ3n) is 3.96. The number of amides is 2. The first-order chi connectivity index (χ1) is 8.80. The smallest absolute Gasteiger partial charge is 0.243 e. The molecule has 5 nitrogen and oxygen atoms in total. The van der Waals surface area contributed by atoms with Crippen molar-refractivity contribution in [3.8, 4) is 0 Å². The van der Waals surface area contributed by atoms with Crippen molar-refractivity contribution in [1.82, 2.24) is 10.2 Å². The highest BCUT2D eigenvalue weighted by Gasteiger charge is 2.40. The summed E-state index contributed by atoms with van der Waals surface area (Å²) in [5, 5.41) is 2.98. The molecule has 5 heteroatoms. The second-order valence-corrected chi connectivity index (χ2v) is 6.82. The summed E-state index contributed by atoms with van der Waals surface area (Å²) in [6.45, 7) is 6.49. The molecule has 0 bridgehead atoms. The fourth-order valence-electron chi connectivity index (χ4n) is 2.38. The van der Waals surface area contributed by atoms with E-state index < -0.39 is 6.04 Å². The molecule has 2 aliphatic rings. The molecule has 2 atom stereocenters. The van der Waals surface area contributed by atoms with Crippen molar-refractivity contribution in [2.75, 3.05) is 6.54 Å². The van der Waals surface area contributed by atoms with Gasteiger partial charge in [0.05, 0.1) is 6.04 Å². The van der Waals surface area contributed by atoms with Gasteiger partial charge < -0.3 is 16.0 Å². The van der Waals surface area contributed by atoms with Gasteiger partial charge in [-0.2, -0.15) is 0 Å². The number of hydrogen-bond donors (Lipinski definition) is 2. The van der Waals surface area contributed by atoms with E-state index in [0.29, 0.717) is 12.6 Å². The molecule has 1 saturated carbocycles. The molecule has 2 amide bonds. The summed E-state index contributed by atoms with van der Waals surface area (Å²) in [5.74, 6) is -0.101. The average molecular weight is 267 g/mol. The highest BCUT2D eigenvalue weighted by molar-refractivity contribution is 5.90. The predicted molar refractivity (Wildman–Crippen MR) is 73.3 cm³/mol. The fourth-order valence-corrected chi connectivity index (χ4v) is 2.38. The highest BCUT2D eigenvalue weighted by Crippen LogP contribution is 2.25. The Balaban J connectivity index is 2.01. The van der Waals surface area contributed by atoms with Crippen molar-refractivity contribution in [2.24, 2.45) is 11.1 Å². The van der Waals surface area contributed by atoms with Gasteiger partial charge in [-0.15, -0.1) is 0 Å². The first kappa shape index (κ1) is 14.3. The van der Waals surface area contributed by atoms with Crippen LogP contribution in [0.15, 0.2) is 0 Å². The van der Waals surface area contributed by atoms with Crippen LogP contribution in [0.4, 0.5) is 0 Å². The summed E-state index contributed by atoms with van der Waals surface area (Å²) in [7, 11) is 0. The summed E-state index contributed by atoms with van der Waals surface area (Å²) in [6.07, 6.45) is 3.76. The van der Waals surface area contributed by atoms with Gasteiger partial charge in [0.2, 0.25) is 11.8 Å². The molecule has 108 valence electrons. The van der Waals surface area contributed by atoms with Crippen molar-refractivity contribution in [1.29, 1.82) is 0 Å². The molecule has 0 aromatic carbocycles. The second-order valence-electron chi connectivity index (χ2n) is 6.82. The van der Waals surface area contributed by atoms with Gasteiger partial charge in [0.25, 0.3) is 0 Å². The van der Waals surface area contributed by atoms with E-state index in [0.717, 1.165) is 25.7 Å². The van der Waals surface area contributed by atoms with Gasteiger partial charge in [0.1, 0.15) is 6.04 Å². The molecule has 0 aromatic heterocycles. The summed E-state index contributed by atoms with van der Waals surface area (Å²) in [5.41, 5.74) is 5.75. The molecule has 1 unspecified atom stereocenters. The van der Waals surface area contributed by atoms with Crippen LogP contribution in [0.2, 0.25) is 0 Å². The predicted octanol–water partition coefficient (Wildman–Crippen LogP) is 0.629. The maximum atomic E-state index is 12.4. The zero-order chi connectivity index (χ0) is 14.2. The molecular formula is C14H25N3O2. The normalized spacial score (nSPS) is 25.3. The van der Waals surface area contributed by atoms with Crippen molar-refractivity contribution in [2.45, 2.75) is 64.6 Å². The van der Waals surface area contributed by atoms with Gasteiger partial charge in [-0.3, -0.25) is 9.59 Å². The largest absolute Gasteiger partial charge is 0.352 e. The third kappa shape index (κ3) is 3.26. The van der Waals surface area contributed by atoms with Crippen molar-refractivity contribution < 1.29 is 9.59 Å². The van der Waals surface area contributed by atoms with Crippen LogP contribution < -0.4 is 11.1 Å². The van der Waals surface area contributed by atoms with Crippen LogP contribution in [0.3, 0.4) is 0 Å². The Labute approximate surface area is 114 Å². The lowest BCUT2D eigenvalue weighted by Crippen LogP contribution is -2.55. The molecule has 0 spiro atoms. The minimum absolute atomic E-state index is 0.00513. The molecule has 2 rings (SSSR count). The van der Waals surface area contributed by atoms with Gasteiger partial charge in [0, 0.05) is 12.6 Å². The lowest BCUT2D eigenvalue weighted by Gasteiger charge is -2.32. The number of nitrogens with zero attached hydrogens (tertiary/aromatic N) is 1. The quantitative estimate of drug-likeness (QED) is 0.787. The lowest BCUT2D eigenvalue weighted by atomic mass is 9.86. The molecule has 1 saturated heterocycles. The monoisotopic (exact) mass is 267 g/mol. The topological polar surface area (TPSA) is 75.4 Å². The summed E-state index contributed by atoms with van der Waals surface area (Å²) in [6, 6.07) is -0.537. The molecule has 2 fully saturated rings. The number of carbonyl (C=O) groups is 2. The van der Waals surface area contributed by atoms with E-state index in [9.17, 15) is 9.59 Å². The van der Waals surface area contributed by atoms with Crippen molar-refractivity contribution >= 4 is 11.8 Å². The maximum absolute atomic E-state index is 12.4. The van der Waals surface area contributed by atoms with Crippen LogP contribution in [-0.4, -0.2) is 41.4 Å². The van der Waals surface area contributed by atoms with E-state index in [1.165, 1.54) is 0 Å². The number of hydrogen-bond acceptors (Lipinski definition) is 3. The molecule has 1 heterocycles. The number of nitrogens with one attached hydrogen (secondary N) is 1. The zero-order valence-electron chi connectivity index (χ0n) is 12.1. The SMILES string of the molecule is CC(C)(C)[C@H](N)C(=O)N1CCCC1C(=O)NC1CC1. The Hall–Kier alpha value is -1.10. The second kappa shape index (κ2) is 5.12. The summed E-state index contributed by atoms with van der Waals surface area (Å²) >= 11 is 0. The van der Waals surface area contributed by atoms with Crippen LogP contribution in [0.5, 0.6) is 0 Å². The molecule has 0 aromatic rings. The first-order valence-electron chi connectivity index (χ1n) is 7.17. The standard InChI is InChI=1S/C14H25N3O2/c1-14(2,3)11(15)13(19)17-8-4-5-10(17)12(18)16-9-6-7-9/h9-11H,4-8,15H2,1-3H3,(H,16,18)/t10?,11-/m1/s1. The summed E-state index contributed by atoms with van der Waals surface area (Å²) < 4.78 is 0. The minimum Gasteiger partial charge on any atom is -0.352 e.